The molecule has 47 heavy (non-hydrogen) atoms. The summed E-state index contributed by atoms with van der Waals surface area (Å²) in [6.45, 7) is 10.9. The van der Waals surface area contributed by atoms with E-state index in [1.807, 2.05) is 0 Å². The summed E-state index contributed by atoms with van der Waals surface area (Å²) < 4.78 is 0. The van der Waals surface area contributed by atoms with Crippen LogP contribution in [0.4, 0.5) is 0 Å². The van der Waals surface area contributed by atoms with Gasteiger partial charge >= 0.3 is 11.9 Å². The van der Waals surface area contributed by atoms with Gasteiger partial charge in [-0.2, -0.15) is 0 Å². The number of hydrogen-bond donors (Lipinski definition) is 10. The lowest BCUT2D eigenvalue weighted by Gasteiger charge is -2.29. The number of aliphatic carboxylic acids is 2. The molecular weight excluding hydrogens is 622 g/mol. The largest absolute Gasteiger partial charge is 0.481 e. The fraction of sp³-hybridized carbons (Fsp3) is 0.724. The Morgan fingerprint density at radius 2 is 1.06 bits per heavy atom. The molecule has 0 heterocycles. The van der Waals surface area contributed by atoms with Crippen molar-refractivity contribution in [1.82, 2.24) is 26.6 Å². The average Bonchev–Trinajstić information content (AvgIpc) is 2.93. The van der Waals surface area contributed by atoms with E-state index in [2.05, 4.69) is 26.6 Å². The zero-order valence-corrected chi connectivity index (χ0v) is 27.9. The van der Waals surface area contributed by atoms with Crippen molar-refractivity contribution in [2.45, 2.75) is 117 Å². The van der Waals surface area contributed by atoms with Crippen molar-refractivity contribution in [1.29, 1.82) is 0 Å². The number of nitrogens with one attached hydrogen (secondary N) is 5. The van der Waals surface area contributed by atoms with Crippen LogP contribution in [-0.2, 0) is 38.4 Å². The molecule has 0 bridgehead atoms. The molecular formula is C29H51N7O11. The monoisotopic (exact) mass is 673 g/mol. The molecule has 0 aromatic rings. The molecule has 18 nitrogen and oxygen atoms in total. The standard InChI is InChI=1S/C29H51N7O11/c1-12(2)10-17(32-24(41)16(30)8-9-20(39)40)25(42)33-18(11-19(31)38)26(43)34-21(13(3)4)27(44)36-23(15(7)37)28(45)35-22(14(5)6)29(46)47/h12-18,21-23,37H,8-11,30H2,1-7H3,(H2,31,38)(H,32,41)(H,33,42)(H,34,43)(H,35,45)(H,36,44)(H,39,40)(H,46,47). The molecule has 0 radical (unpaired) electrons. The van der Waals surface area contributed by atoms with Crippen LogP contribution in [0.1, 0.15) is 74.1 Å². The molecule has 6 amide bonds. The van der Waals surface area contributed by atoms with E-state index < -0.39 is 108 Å². The number of aliphatic hydroxyl groups is 1. The Bertz CT molecular complexity index is 1140. The quantitative estimate of drug-likeness (QED) is 0.0595. The first kappa shape index (κ1) is 42.7. The minimum atomic E-state index is -1.61. The van der Waals surface area contributed by atoms with E-state index in [1.165, 1.54) is 6.92 Å². The van der Waals surface area contributed by atoms with Gasteiger partial charge in [-0.1, -0.05) is 41.5 Å². The predicted molar refractivity (Wildman–Crippen MR) is 167 cm³/mol. The molecule has 7 atom stereocenters. The van der Waals surface area contributed by atoms with Crippen molar-refractivity contribution in [3.05, 3.63) is 0 Å². The second kappa shape index (κ2) is 20.0. The lowest BCUT2D eigenvalue weighted by Crippen LogP contribution is -2.62. The van der Waals surface area contributed by atoms with Gasteiger partial charge in [0.15, 0.2) is 0 Å². The number of carbonyl (C=O) groups is 8. The maximum atomic E-state index is 13.3. The average molecular weight is 674 g/mol. The van der Waals surface area contributed by atoms with Crippen LogP contribution >= 0.6 is 0 Å². The molecule has 0 aromatic heterocycles. The van der Waals surface area contributed by atoms with Gasteiger partial charge in [-0.05, 0) is 37.5 Å². The highest BCUT2D eigenvalue weighted by Crippen LogP contribution is 2.10. The lowest BCUT2D eigenvalue weighted by molar-refractivity contribution is -0.144. The van der Waals surface area contributed by atoms with Gasteiger partial charge in [0, 0.05) is 6.42 Å². The third kappa shape index (κ3) is 15.7. The molecule has 0 saturated carbocycles. The summed E-state index contributed by atoms with van der Waals surface area (Å²) in [4.78, 5) is 99.4. The van der Waals surface area contributed by atoms with Gasteiger partial charge in [0.25, 0.3) is 0 Å². The maximum absolute atomic E-state index is 13.3. The van der Waals surface area contributed by atoms with E-state index in [-0.39, 0.29) is 25.2 Å². The number of amides is 6. The SMILES string of the molecule is CC(C)CC(NC(=O)C(N)CCC(=O)O)C(=O)NC(CC(N)=O)C(=O)NC(C(=O)NC(C(=O)NC(C(=O)O)C(C)C)C(C)O)C(C)C. The summed E-state index contributed by atoms with van der Waals surface area (Å²) in [5.41, 5.74) is 11.1. The second-order valence-corrected chi connectivity index (χ2v) is 12.5. The van der Waals surface area contributed by atoms with Crippen molar-refractivity contribution in [3.63, 3.8) is 0 Å². The van der Waals surface area contributed by atoms with Crippen LogP contribution in [0, 0.1) is 17.8 Å². The summed E-state index contributed by atoms with van der Waals surface area (Å²) in [6, 6.07) is -8.39. The van der Waals surface area contributed by atoms with Gasteiger partial charge in [-0.3, -0.25) is 33.6 Å². The Kier molecular flexibility index (Phi) is 18.2. The van der Waals surface area contributed by atoms with Crippen molar-refractivity contribution in [3.8, 4) is 0 Å². The molecule has 0 aliphatic rings. The van der Waals surface area contributed by atoms with Gasteiger partial charge in [0.2, 0.25) is 35.4 Å². The van der Waals surface area contributed by atoms with Gasteiger partial charge in [-0.15, -0.1) is 0 Å². The van der Waals surface area contributed by atoms with Crippen LogP contribution in [0.3, 0.4) is 0 Å². The van der Waals surface area contributed by atoms with Crippen molar-refractivity contribution in [2.24, 2.45) is 29.2 Å². The minimum absolute atomic E-state index is 0.0769. The summed E-state index contributed by atoms with van der Waals surface area (Å²) in [7, 11) is 0. The molecule has 12 N–H and O–H groups in total. The number of rotatable bonds is 21. The highest BCUT2D eigenvalue weighted by atomic mass is 16.4. The van der Waals surface area contributed by atoms with E-state index in [9.17, 15) is 48.6 Å². The highest BCUT2D eigenvalue weighted by molar-refractivity contribution is 5.98. The van der Waals surface area contributed by atoms with Crippen LogP contribution in [-0.4, -0.2) is 105 Å². The molecule has 0 fully saturated rings. The zero-order valence-electron chi connectivity index (χ0n) is 27.9. The third-order valence-electron chi connectivity index (χ3n) is 6.92. The zero-order chi connectivity index (χ0) is 36.8. The topological polar surface area (TPSA) is 309 Å². The Hall–Kier alpha value is -4.32. The Morgan fingerprint density at radius 1 is 0.617 bits per heavy atom. The first-order chi connectivity index (χ1) is 21.6. The minimum Gasteiger partial charge on any atom is -0.481 e. The molecule has 18 heteroatoms. The van der Waals surface area contributed by atoms with Crippen molar-refractivity contribution >= 4 is 47.4 Å². The van der Waals surface area contributed by atoms with E-state index >= 15 is 0 Å². The number of carboxylic acid groups (broad SMARTS) is 2. The van der Waals surface area contributed by atoms with Crippen LogP contribution < -0.4 is 38.1 Å². The van der Waals surface area contributed by atoms with Crippen molar-refractivity contribution < 1.29 is 53.7 Å². The number of primary amides is 1. The van der Waals surface area contributed by atoms with Crippen LogP contribution in [0.2, 0.25) is 0 Å². The number of hydrogen-bond acceptors (Lipinski definition) is 10. The summed E-state index contributed by atoms with van der Waals surface area (Å²) in [5.74, 6) is -9.40. The molecule has 268 valence electrons. The number of carbonyl (C=O) groups excluding carboxylic acids is 6. The first-order valence-electron chi connectivity index (χ1n) is 15.3. The summed E-state index contributed by atoms with van der Waals surface area (Å²) in [6.07, 6.45) is -2.68. The highest BCUT2D eigenvalue weighted by Gasteiger charge is 2.36. The van der Waals surface area contributed by atoms with E-state index in [1.54, 1.807) is 41.5 Å². The summed E-state index contributed by atoms with van der Waals surface area (Å²) in [5, 5.41) is 40.2. The number of nitrogens with two attached hydrogens (primary N) is 2. The molecule has 7 unspecified atom stereocenters. The first-order valence-corrected chi connectivity index (χ1v) is 15.3. The smallest absolute Gasteiger partial charge is 0.326 e. The molecule has 0 saturated heterocycles. The Balaban J connectivity index is 5.98. The van der Waals surface area contributed by atoms with Crippen LogP contribution in [0.15, 0.2) is 0 Å². The van der Waals surface area contributed by atoms with Gasteiger partial charge < -0.3 is 53.4 Å². The normalized spacial score (nSPS) is 15.7. The van der Waals surface area contributed by atoms with E-state index in [4.69, 9.17) is 16.6 Å². The Morgan fingerprint density at radius 3 is 1.49 bits per heavy atom. The van der Waals surface area contributed by atoms with Gasteiger partial charge in [0.05, 0.1) is 18.6 Å². The maximum Gasteiger partial charge on any atom is 0.326 e. The molecule has 0 spiro atoms. The van der Waals surface area contributed by atoms with E-state index in [0.717, 1.165) is 0 Å². The molecule has 0 aromatic carbocycles. The predicted octanol–water partition coefficient (Wildman–Crippen LogP) is -2.70. The number of aliphatic hydroxyl groups excluding tert-OH is 1. The molecule has 0 rings (SSSR count). The lowest BCUT2D eigenvalue weighted by atomic mass is 10.00. The third-order valence-corrected chi connectivity index (χ3v) is 6.92. The van der Waals surface area contributed by atoms with Crippen molar-refractivity contribution in [2.75, 3.05) is 0 Å². The summed E-state index contributed by atoms with van der Waals surface area (Å²) >= 11 is 0. The van der Waals surface area contributed by atoms with E-state index in [0.29, 0.717) is 0 Å². The fourth-order valence-corrected chi connectivity index (χ4v) is 4.27. The second-order valence-electron chi connectivity index (χ2n) is 12.5. The van der Waals surface area contributed by atoms with Gasteiger partial charge in [0.1, 0.15) is 30.2 Å². The van der Waals surface area contributed by atoms with Gasteiger partial charge in [-0.25, -0.2) is 4.79 Å². The molecule has 0 aliphatic heterocycles. The number of carboxylic acids is 2. The Labute approximate surface area is 273 Å². The van der Waals surface area contributed by atoms with Crippen LogP contribution in [0.25, 0.3) is 0 Å². The molecule has 0 aliphatic carbocycles. The van der Waals surface area contributed by atoms with Crippen LogP contribution in [0.5, 0.6) is 0 Å². The fourth-order valence-electron chi connectivity index (χ4n) is 4.27.